The molecular weight excluding hydrogens is 190 g/mol. The summed E-state index contributed by atoms with van der Waals surface area (Å²) in [5.41, 5.74) is 0.486. The molecule has 0 fully saturated rings. The number of hydrogen-bond donors (Lipinski definition) is 1. The predicted molar refractivity (Wildman–Crippen MR) is 61.0 cm³/mol. The number of carbonyl (C=O) groups excluding carboxylic acids is 1. The molecule has 0 aromatic rings. The molecule has 0 rings (SSSR count). The van der Waals surface area contributed by atoms with Crippen LogP contribution in [0, 0.1) is 11.8 Å². The number of amides is 1. The van der Waals surface area contributed by atoms with Crippen LogP contribution in [0.3, 0.4) is 0 Å². The second-order valence-corrected chi connectivity index (χ2v) is 3.16. The van der Waals surface area contributed by atoms with Crippen molar-refractivity contribution in [2.75, 3.05) is 13.6 Å². The molecule has 0 aromatic heterocycles. The quantitative estimate of drug-likeness (QED) is 0.551. The summed E-state index contributed by atoms with van der Waals surface area (Å²) < 4.78 is 0. The van der Waals surface area contributed by atoms with Gasteiger partial charge in [0.2, 0.25) is 0 Å². The lowest BCUT2D eigenvalue weighted by Gasteiger charge is -2.16. The highest BCUT2D eigenvalue weighted by atomic mass is 16.3. The lowest BCUT2D eigenvalue weighted by atomic mass is 10.2. The molecular formula is C12H17NO2. The number of allylic oxidation sites excluding steroid dienone is 2. The molecule has 1 amide bonds. The van der Waals surface area contributed by atoms with E-state index in [1.165, 1.54) is 11.0 Å². The van der Waals surface area contributed by atoms with E-state index in [2.05, 4.69) is 25.0 Å². The number of aliphatic hydroxyl groups is 1. The normalized spacial score (nSPS) is 10.9. The fourth-order valence-electron chi connectivity index (χ4n) is 0.928. The Balaban J connectivity index is 4.36. The van der Waals surface area contributed by atoms with Gasteiger partial charge in [-0.3, -0.25) is 4.79 Å². The van der Waals surface area contributed by atoms with E-state index in [1.807, 2.05) is 6.92 Å². The zero-order valence-electron chi connectivity index (χ0n) is 9.29. The van der Waals surface area contributed by atoms with Crippen molar-refractivity contribution in [1.82, 2.24) is 4.90 Å². The first kappa shape index (κ1) is 13.5. The molecule has 3 heteroatoms. The van der Waals surface area contributed by atoms with Crippen molar-refractivity contribution >= 4 is 5.91 Å². The van der Waals surface area contributed by atoms with Crippen molar-refractivity contribution < 1.29 is 9.90 Å². The summed E-state index contributed by atoms with van der Waals surface area (Å²) >= 11 is 0. The zero-order valence-corrected chi connectivity index (χ0v) is 9.29. The summed E-state index contributed by atoms with van der Waals surface area (Å²) in [4.78, 5) is 12.9. The van der Waals surface area contributed by atoms with Crippen LogP contribution in [0.25, 0.3) is 0 Å². The highest BCUT2D eigenvalue weighted by molar-refractivity contribution is 5.83. The summed E-state index contributed by atoms with van der Waals surface area (Å²) in [5.74, 6) is 4.58. The lowest BCUT2D eigenvalue weighted by molar-refractivity contribution is -0.136. The van der Waals surface area contributed by atoms with Crippen LogP contribution in [0.2, 0.25) is 0 Å². The van der Waals surface area contributed by atoms with Crippen LogP contribution >= 0.6 is 0 Å². The van der Waals surface area contributed by atoms with Crippen molar-refractivity contribution in [2.24, 2.45) is 0 Å². The number of nitrogens with zero attached hydrogens (tertiary/aromatic N) is 1. The van der Waals surface area contributed by atoms with E-state index in [-0.39, 0.29) is 5.91 Å². The number of hydrogen-bond acceptors (Lipinski definition) is 2. The Labute approximate surface area is 91.1 Å². The topological polar surface area (TPSA) is 40.5 Å². The van der Waals surface area contributed by atoms with Gasteiger partial charge < -0.3 is 10.0 Å². The van der Waals surface area contributed by atoms with Gasteiger partial charge in [0.05, 0.1) is 0 Å². The third-order valence-corrected chi connectivity index (χ3v) is 1.78. The average molecular weight is 207 g/mol. The molecule has 3 nitrogen and oxygen atoms in total. The molecule has 1 unspecified atom stereocenters. The summed E-state index contributed by atoms with van der Waals surface area (Å²) in [6, 6.07) is 0. The van der Waals surface area contributed by atoms with E-state index >= 15 is 0 Å². The highest BCUT2D eigenvalue weighted by Crippen LogP contribution is 1.94. The summed E-state index contributed by atoms with van der Waals surface area (Å²) in [6.45, 7) is 9.60. The Morgan fingerprint density at radius 2 is 2.27 bits per heavy atom. The van der Waals surface area contributed by atoms with Gasteiger partial charge in [0.15, 0.2) is 6.10 Å². The molecule has 0 heterocycles. The van der Waals surface area contributed by atoms with Gasteiger partial charge in [-0.2, -0.15) is 0 Å². The van der Waals surface area contributed by atoms with Gasteiger partial charge >= 0.3 is 0 Å². The van der Waals surface area contributed by atoms with Gasteiger partial charge in [-0.1, -0.05) is 38.0 Å². The van der Waals surface area contributed by atoms with Crippen molar-refractivity contribution in [3.05, 3.63) is 24.8 Å². The number of aliphatic hydroxyl groups excluding tert-OH is 1. The van der Waals surface area contributed by atoms with E-state index < -0.39 is 6.10 Å². The smallest absolute Gasteiger partial charge is 0.263 e. The van der Waals surface area contributed by atoms with Crippen molar-refractivity contribution in [3.8, 4) is 11.8 Å². The predicted octanol–water partition coefficient (Wildman–Crippen LogP) is 0.961. The minimum absolute atomic E-state index is 0.388. The van der Waals surface area contributed by atoms with Gasteiger partial charge in [0.1, 0.15) is 0 Å². The van der Waals surface area contributed by atoms with Crippen LogP contribution in [-0.4, -0.2) is 35.6 Å². The largest absolute Gasteiger partial charge is 0.372 e. The van der Waals surface area contributed by atoms with Gasteiger partial charge in [0.25, 0.3) is 5.91 Å². The summed E-state index contributed by atoms with van der Waals surface area (Å²) in [6.07, 6.45) is 1.04. The van der Waals surface area contributed by atoms with Crippen LogP contribution in [0.15, 0.2) is 24.8 Å². The van der Waals surface area contributed by atoms with Crippen LogP contribution in [0.1, 0.15) is 13.3 Å². The summed E-state index contributed by atoms with van der Waals surface area (Å²) in [5, 5.41) is 9.42. The monoisotopic (exact) mass is 207 g/mol. The SMILES string of the molecule is C=CC(=C)C#CC(O)C(=O)N(C)CCC. The van der Waals surface area contributed by atoms with Crippen LogP contribution in [0.5, 0.6) is 0 Å². The Morgan fingerprint density at radius 3 is 2.73 bits per heavy atom. The minimum Gasteiger partial charge on any atom is -0.372 e. The standard InChI is InChI=1S/C12H17NO2/c1-5-9-13(4)12(15)11(14)8-7-10(3)6-2/h6,11,14H,2-3,5,9H2,1,4H3. The maximum absolute atomic E-state index is 11.5. The Morgan fingerprint density at radius 1 is 1.67 bits per heavy atom. The van der Waals surface area contributed by atoms with E-state index in [0.29, 0.717) is 12.1 Å². The van der Waals surface area contributed by atoms with Crippen LogP contribution < -0.4 is 0 Å². The van der Waals surface area contributed by atoms with E-state index in [9.17, 15) is 9.90 Å². The second-order valence-electron chi connectivity index (χ2n) is 3.16. The first-order valence-electron chi connectivity index (χ1n) is 4.78. The molecule has 0 aliphatic heterocycles. The van der Waals surface area contributed by atoms with Gasteiger partial charge in [-0.25, -0.2) is 0 Å². The molecule has 1 atom stereocenters. The average Bonchev–Trinajstić information content (AvgIpc) is 2.24. The fourth-order valence-corrected chi connectivity index (χ4v) is 0.928. The van der Waals surface area contributed by atoms with E-state index in [1.54, 1.807) is 7.05 Å². The third kappa shape index (κ3) is 5.04. The number of rotatable bonds is 4. The Bertz CT molecular complexity index is 309. The van der Waals surface area contributed by atoms with Gasteiger partial charge in [-0.15, -0.1) is 0 Å². The summed E-state index contributed by atoms with van der Waals surface area (Å²) in [7, 11) is 1.64. The molecule has 0 aliphatic carbocycles. The molecule has 82 valence electrons. The van der Waals surface area contributed by atoms with Gasteiger partial charge in [0, 0.05) is 19.2 Å². The molecule has 15 heavy (non-hydrogen) atoms. The maximum atomic E-state index is 11.5. The van der Waals surface area contributed by atoms with Crippen molar-refractivity contribution in [2.45, 2.75) is 19.4 Å². The molecule has 0 aromatic carbocycles. The zero-order chi connectivity index (χ0) is 11.8. The van der Waals surface area contributed by atoms with Crippen molar-refractivity contribution in [3.63, 3.8) is 0 Å². The second kappa shape index (κ2) is 6.86. The van der Waals surface area contributed by atoms with Crippen LogP contribution in [0.4, 0.5) is 0 Å². The molecule has 0 saturated carbocycles. The number of carbonyl (C=O) groups is 1. The first-order chi connectivity index (χ1) is 7.02. The van der Waals surface area contributed by atoms with E-state index in [4.69, 9.17) is 0 Å². The Kier molecular flexibility index (Phi) is 6.16. The molecule has 0 radical (unpaired) electrons. The Hall–Kier alpha value is -1.53. The molecule has 0 saturated heterocycles. The van der Waals surface area contributed by atoms with E-state index in [0.717, 1.165) is 6.42 Å². The minimum atomic E-state index is -1.28. The molecule has 0 aliphatic rings. The van der Waals surface area contributed by atoms with Crippen LogP contribution in [-0.2, 0) is 4.79 Å². The van der Waals surface area contributed by atoms with Gasteiger partial charge in [-0.05, 0) is 6.42 Å². The number of likely N-dealkylation sites (N-methyl/N-ethyl adjacent to an activating group) is 1. The fraction of sp³-hybridized carbons (Fsp3) is 0.417. The molecule has 0 spiro atoms. The lowest BCUT2D eigenvalue weighted by Crippen LogP contribution is -2.36. The maximum Gasteiger partial charge on any atom is 0.263 e. The molecule has 0 bridgehead atoms. The first-order valence-corrected chi connectivity index (χ1v) is 4.78. The highest BCUT2D eigenvalue weighted by Gasteiger charge is 2.15. The molecule has 1 N–H and O–H groups in total. The van der Waals surface area contributed by atoms with Crippen molar-refractivity contribution in [1.29, 1.82) is 0 Å². The third-order valence-electron chi connectivity index (χ3n) is 1.78.